The standard InChI is InChI=1S/C20H16N2O3/c1-12-10-15(13-6-2-4-8-17(13)21-12)19(23)22-11-16(20(24)25)14-7-3-5-9-18(14)22/h2-10,16H,11H2,1H3,(H,24,25)/t16-/m1/s1. The number of aryl methyl sites for hydroxylation is 1. The molecule has 1 amide bonds. The number of benzene rings is 2. The number of carbonyl (C=O) groups excluding carboxylic acids is 1. The van der Waals surface area contributed by atoms with Crippen LogP contribution in [-0.2, 0) is 4.79 Å². The Labute approximate surface area is 144 Å². The van der Waals surface area contributed by atoms with E-state index in [0.29, 0.717) is 16.8 Å². The zero-order valence-electron chi connectivity index (χ0n) is 13.6. The zero-order chi connectivity index (χ0) is 17.6. The predicted octanol–water partition coefficient (Wildman–Crippen LogP) is 3.37. The molecule has 0 fully saturated rings. The fourth-order valence-electron chi connectivity index (χ4n) is 3.44. The second kappa shape index (κ2) is 5.70. The topological polar surface area (TPSA) is 70.5 Å². The molecule has 0 saturated carbocycles. The Hall–Kier alpha value is -3.21. The number of nitrogens with zero attached hydrogens (tertiary/aromatic N) is 2. The molecule has 1 aliphatic heterocycles. The van der Waals surface area contributed by atoms with Crippen LogP contribution in [0.3, 0.4) is 0 Å². The normalized spacial score (nSPS) is 16.0. The van der Waals surface area contributed by atoms with Crippen molar-refractivity contribution >= 4 is 28.5 Å². The molecule has 0 radical (unpaired) electrons. The number of hydrogen-bond acceptors (Lipinski definition) is 3. The highest BCUT2D eigenvalue weighted by Crippen LogP contribution is 2.37. The second-order valence-corrected chi connectivity index (χ2v) is 6.19. The van der Waals surface area contributed by atoms with Gasteiger partial charge in [-0.3, -0.25) is 14.6 Å². The number of hydrogen-bond donors (Lipinski definition) is 1. The fraction of sp³-hybridized carbons (Fsp3) is 0.150. The van der Waals surface area contributed by atoms with Crippen molar-refractivity contribution in [3.05, 3.63) is 71.4 Å². The maximum atomic E-state index is 13.2. The van der Waals surface area contributed by atoms with Gasteiger partial charge >= 0.3 is 5.97 Å². The average molecular weight is 332 g/mol. The van der Waals surface area contributed by atoms with Gasteiger partial charge in [0.1, 0.15) is 5.92 Å². The van der Waals surface area contributed by atoms with E-state index in [-0.39, 0.29) is 12.5 Å². The lowest BCUT2D eigenvalue weighted by Gasteiger charge is -2.19. The van der Waals surface area contributed by atoms with E-state index in [1.165, 1.54) is 0 Å². The molecule has 5 nitrogen and oxygen atoms in total. The number of carboxylic acids is 1. The Kier molecular flexibility index (Phi) is 3.50. The van der Waals surface area contributed by atoms with Crippen LogP contribution in [-0.4, -0.2) is 28.5 Å². The van der Waals surface area contributed by atoms with E-state index in [1.54, 1.807) is 29.2 Å². The van der Waals surface area contributed by atoms with Crippen LogP contribution in [0, 0.1) is 6.92 Å². The van der Waals surface area contributed by atoms with Crippen LogP contribution in [0.5, 0.6) is 0 Å². The molecule has 0 aliphatic carbocycles. The molecule has 0 unspecified atom stereocenters. The number of amides is 1. The van der Waals surface area contributed by atoms with Crippen molar-refractivity contribution < 1.29 is 14.7 Å². The summed E-state index contributed by atoms with van der Waals surface area (Å²) in [5.74, 6) is -1.81. The van der Waals surface area contributed by atoms with Crippen molar-refractivity contribution in [1.29, 1.82) is 0 Å². The van der Waals surface area contributed by atoms with Gasteiger partial charge in [0.15, 0.2) is 0 Å². The predicted molar refractivity (Wildman–Crippen MR) is 95.0 cm³/mol. The first-order valence-electron chi connectivity index (χ1n) is 8.06. The highest BCUT2D eigenvalue weighted by atomic mass is 16.4. The van der Waals surface area contributed by atoms with Gasteiger partial charge in [-0.2, -0.15) is 0 Å². The molecule has 25 heavy (non-hydrogen) atoms. The Bertz CT molecular complexity index is 1010. The van der Waals surface area contributed by atoms with E-state index in [0.717, 1.165) is 16.6 Å². The lowest BCUT2D eigenvalue weighted by molar-refractivity contribution is -0.138. The molecule has 3 aromatic rings. The summed E-state index contributed by atoms with van der Waals surface area (Å²) >= 11 is 0. The van der Waals surface area contributed by atoms with Gasteiger partial charge in [-0.15, -0.1) is 0 Å². The van der Waals surface area contributed by atoms with Gasteiger partial charge in [0, 0.05) is 23.3 Å². The van der Waals surface area contributed by atoms with Gasteiger partial charge in [-0.05, 0) is 30.7 Å². The van der Waals surface area contributed by atoms with Crippen molar-refractivity contribution in [1.82, 2.24) is 4.98 Å². The Morgan fingerprint density at radius 2 is 1.84 bits per heavy atom. The van der Waals surface area contributed by atoms with Crippen molar-refractivity contribution in [3.8, 4) is 0 Å². The number of anilines is 1. The monoisotopic (exact) mass is 332 g/mol. The van der Waals surface area contributed by atoms with Crippen molar-refractivity contribution in [2.75, 3.05) is 11.4 Å². The number of aliphatic carboxylic acids is 1. The van der Waals surface area contributed by atoms with E-state index in [2.05, 4.69) is 4.98 Å². The van der Waals surface area contributed by atoms with E-state index in [1.807, 2.05) is 37.3 Å². The van der Waals surface area contributed by atoms with Crippen LogP contribution >= 0.6 is 0 Å². The minimum Gasteiger partial charge on any atom is -0.481 e. The van der Waals surface area contributed by atoms with E-state index >= 15 is 0 Å². The van der Waals surface area contributed by atoms with E-state index in [9.17, 15) is 14.7 Å². The van der Waals surface area contributed by atoms with Gasteiger partial charge in [-0.1, -0.05) is 36.4 Å². The Balaban J connectivity index is 1.84. The number of para-hydroxylation sites is 2. The Morgan fingerprint density at radius 1 is 1.12 bits per heavy atom. The van der Waals surface area contributed by atoms with E-state index < -0.39 is 11.9 Å². The van der Waals surface area contributed by atoms with Crippen LogP contribution in [0.2, 0.25) is 0 Å². The van der Waals surface area contributed by atoms with Crippen molar-refractivity contribution in [3.63, 3.8) is 0 Å². The summed E-state index contributed by atoms with van der Waals surface area (Å²) in [6, 6.07) is 16.4. The molecule has 2 heterocycles. The van der Waals surface area contributed by atoms with Gasteiger partial charge < -0.3 is 10.0 Å². The largest absolute Gasteiger partial charge is 0.481 e. The SMILES string of the molecule is Cc1cc(C(=O)N2C[C@@H](C(=O)O)c3ccccc32)c2ccccc2n1. The third-order valence-corrected chi connectivity index (χ3v) is 4.59. The number of rotatable bonds is 2. The average Bonchev–Trinajstić information content (AvgIpc) is 3.00. The molecule has 1 atom stereocenters. The lowest BCUT2D eigenvalue weighted by Crippen LogP contribution is -2.31. The molecular weight excluding hydrogens is 316 g/mol. The molecular formula is C20H16N2O3. The quantitative estimate of drug-likeness (QED) is 0.781. The number of carbonyl (C=O) groups is 2. The number of fused-ring (bicyclic) bond motifs is 2. The summed E-state index contributed by atoms with van der Waals surface area (Å²) in [7, 11) is 0. The summed E-state index contributed by atoms with van der Waals surface area (Å²) in [5, 5.41) is 10.3. The summed E-state index contributed by atoms with van der Waals surface area (Å²) in [6.45, 7) is 1.99. The fourth-order valence-corrected chi connectivity index (χ4v) is 3.44. The Morgan fingerprint density at radius 3 is 2.64 bits per heavy atom. The molecule has 2 aromatic carbocycles. The first kappa shape index (κ1) is 15.3. The molecule has 124 valence electrons. The van der Waals surface area contributed by atoms with Crippen LogP contribution in [0.1, 0.15) is 27.5 Å². The molecule has 1 aromatic heterocycles. The highest BCUT2D eigenvalue weighted by molar-refractivity contribution is 6.15. The smallest absolute Gasteiger partial charge is 0.312 e. The minimum absolute atomic E-state index is 0.142. The van der Waals surface area contributed by atoms with Gasteiger partial charge in [-0.25, -0.2) is 0 Å². The van der Waals surface area contributed by atoms with Crippen LogP contribution in [0.25, 0.3) is 10.9 Å². The summed E-state index contributed by atoms with van der Waals surface area (Å²) in [4.78, 5) is 30.9. The number of pyridine rings is 1. The summed E-state index contributed by atoms with van der Waals surface area (Å²) < 4.78 is 0. The molecule has 5 heteroatoms. The number of aromatic nitrogens is 1. The number of carboxylic acid groups (broad SMARTS) is 1. The molecule has 1 aliphatic rings. The lowest BCUT2D eigenvalue weighted by atomic mass is 10.0. The molecule has 0 saturated heterocycles. The molecule has 0 bridgehead atoms. The van der Waals surface area contributed by atoms with Gasteiger partial charge in [0.2, 0.25) is 0 Å². The van der Waals surface area contributed by atoms with Crippen LogP contribution in [0.4, 0.5) is 5.69 Å². The third-order valence-electron chi connectivity index (χ3n) is 4.59. The van der Waals surface area contributed by atoms with Crippen LogP contribution < -0.4 is 4.90 Å². The molecule has 1 N–H and O–H groups in total. The second-order valence-electron chi connectivity index (χ2n) is 6.19. The maximum Gasteiger partial charge on any atom is 0.312 e. The van der Waals surface area contributed by atoms with Crippen molar-refractivity contribution in [2.24, 2.45) is 0 Å². The molecule has 4 rings (SSSR count). The minimum atomic E-state index is -0.918. The summed E-state index contributed by atoms with van der Waals surface area (Å²) in [6.07, 6.45) is 0. The highest BCUT2D eigenvalue weighted by Gasteiger charge is 2.37. The van der Waals surface area contributed by atoms with Crippen molar-refractivity contribution in [2.45, 2.75) is 12.8 Å². The first-order chi connectivity index (χ1) is 12.1. The van der Waals surface area contributed by atoms with Gasteiger partial charge in [0.05, 0.1) is 11.1 Å². The van der Waals surface area contributed by atoms with Crippen LogP contribution in [0.15, 0.2) is 54.6 Å². The summed E-state index contributed by atoms with van der Waals surface area (Å²) in [5.41, 5.74) is 3.40. The first-order valence-corrected chi connectivity index (χ1v) is 8.06. The molecule has 0 spiro atoms. The van der Waals surface area contributed by atoms with E-state index in [4.69, 9.17) is 0 Å². The third kappa shape index (κ3) is 2.45. The maximum absolute atomic E-state index is 13.2. The van der Waals surface area contributed by atoms with Gasteiger partial charge in [0.25, 0.3) is 5.91 Å². The zero-order valence-corrected chi connectivity index (χ0v) is 13.6.